The number of nitrogen functional groups attached to an aromatic ring is 1. The molecular weight excluding hydrogens is 186 g/mol. The molecule has 0 aliphatic carbocycles. The average Bonchev–Trinajstić information content (AvgIpc) is 2.57. The Balaban J connectivity index is 2.55. The molecule has 15 heavy (non-hydrogen) atoms. The van der Waals surface area contributed by atoms with Gasteiger partial charge in [-0.2, -0.15) is 5.10 Å². The predicted octanol–water partition coefficient (Wildman–Crippen LogP) is 2.33. The van der Waals surface area contributed by atoms with Crippen molar-refractivity contribution in [1.29, 1.82) is 0 Å². The van der Waals surface area contributed by atoms with Crippen molar-refractivity contribution >= 4 is 5.82 Å². The van der Waals surface area contributed by atoms with Crippen LogP contribution in [0.5, 0.6) is 0 Å². The Morgan fingerprint density at radius 2 is 1.93 bits per heavy atom. The summed E-state index contributed by atoms with van der Waals surface area (Å²) in [5.41, 5.74) is 9.17. The van der Waals surface area contributed by atoms with E-state index < -0.39 is 0 Å². The van der Waals surface area contributed by atoms with E-state index >= 15 is 0 Å². The maximum absolute atomic E-state index is 6.01. The lowest BCUT2D eigenvalue weighted by molar-refractivity contribution is 0.848. The summed E-state index contributed by atoms with van der Waals surface area (Å²) in [5.74, 6) is 0.734. The fourth-order valence-electron chi connectivity index (χ4n) is 1.66. The van der Waals surface area contributed by atoms with Crippen LogP contribution >= 0.6 is 0 Å². The van der Waals surface area contributed by atoms with Gasteiger partial charge < -0.3 is 5.73 Å². The van der Waals surface area contributed by atoms with E-state index in [0.717, 1.165) is 29.2 Å². The first kappa shape index (κ1) is 9.77. The van der Waals surface area contributed by atoms with Gasteiger partial charge in [-0.25, -0.2) is 4.68 Å². The molecule has 0 bridgehead atoms. The van der Waals surface area contributed by atoms with Crippen molar-refractivity contribution in [3.05, 3.63) is 41.6 Å². The third-order valence-electron chi connectivity index (χ3n) is 2.60. The first-order chi connectivity index (χ1) is 7.24. The highest BCUT2D eigenvalue weighted by atomic mass is 15.3. The molecular formula is C12H15N3. The van der Waals surface area contributed by atoms with Crippen LogP contribution in [-0.2, 0) is 6.42 Å². The van der Waals surface area contributed by atoms with Gasteiger partial charge in [0.2, 0.25) is 0 Å². The van der Waals surface area contributed by atoms with Gasteiger partial charge in [-0.3, -0.25) is 0 Å². The number of aromatic nitrogens is 2. The summed E-state index contributed by atoms with van der Waals surface area (Å²) in [5, 5.41) is 4.49. The van der Waals surface area contributed by atoms with Crippen LogP contribution in [0.2, 0.25) is 0 Å². The van der Waals surface area contributed by atoms with Crippen LogP contribution in [0.1, 0.15) is 18.2 Å². The minimum atomic E-state index is 0.734. The van der Waals surface area contributed by atoms with E-state index in [-0.39, 0.29) is 0 Å². The zero-order chi connectivity index (χ0) is 10.8. The molecule has 0 spiro atoms. The largest absolute Gasteiger partial charge is 0.383 e. The Morgan fingerprint density at radius 3 is 2.47 bits per heavy atom. The molecule has 2 rings (SSSR count). The van der Waals surface area contributed by atoms with Gasteiger partial charge >= 0.3 is 0 Å². The third-order valence-corrected chi connectivity index (χ3v) is 2.60. The van der Waals surface area contributed by atoms with Gasteiger partial charge in [0.15, 0.2) is 0 Å². The fourth-order valence-corrected chi connectivity index (χ4v) is 1.66. The molecule has 1 aromatic carbocycles. The number of para-hydroxylation sites is 1. The van der Waals surface area contributed by atoms with Crippen LogP contribution < -0.4 is 5.73 Å². The predicted molar refractivity (Wildman–Crippen MR) is 62.1 cm³/mol. The van der Waals surface area contributed by atoms with E-state index in [1.54, 1.807) is 4.68 Å². The average molecular weight is 201 g/mol. The summed E-state index contributed by atoms with van der Waals surface area (Å²) in [6, 6.07) is 9.95. The van der Waals surface area contributed by atoms with Crippen LogP contribution in [-0.4, -0.2) is 9.78 Å². The Labute approximate surface area is 89.5 Å². The Kier molecular flexibility index (Phi) is 2.46. The van der Waals surface area contributed by atoms with E-state index in [9.17, 15) is 0 Å². The van der Waals surface area contributed by atoms with Crippen molar-refractivity contribution in [2.45, 2.75) is 20.3 Å². The first-order valence-electron chi connectivity index (χ1n) is 5.13. The summed E-state index contributed by atoms with van der Waals surface area (Å²) in [6.45, 7) is 4.10. The maximum atomic E-state index is 6.01. The minimum Gasteiger partial charge on any atom is -0.383 e. The second-order valence-electron chi connectivity index (χ2n) is 3.56. The van der Waals surface area contributed by atoms with Crippen LogP contribution in [0.25, 0.3) is 5.69 Å². The standard InChI is InChI=1S/C12H15N3/c1-3-11-9(2)12(13)15(14-11)10-7-5-4-6-8-10/h4-8H,3,13H2,1-2H3. The first-order valence-corrected chi connectivity index (χ1v) is 5.13. The van der Waals surface area contributed by atoms with Crippen LogP contribution in [0.3, 0.4) is 0 Å². The molecule has 3 nitrogen and oxygen atoms in total. The number of benzene rings is 1. The quantitative estimate of drug-likeness (QED) is 0.810. The van der Waals surface area contributed by atoms with E-state index in [2.05, 4.69) is 12.0 Å². The summed E-state index contributed by atoms with van der Waals surface area (Å²) in [4.78, 5) is 0. The summed E-state index contributed by atoms with van der Waals surface area (Å²) >= 11 is 0. The van der Waals surface area contributed by atoms with Crippen molar-refractivity contribution in [2.75, 3.05) is 5.73 Å². The highest BCUT2D eigenvalue weighted by Crippen LogP contribution is 2.20. The number of hydrogen-bond donors (Lipinski definition) is 1. The lowest BCUT2D eigenvalue weighted by Gasteiger charge is -2.02. The molecule has 0 fully saturated rings. The Hall–Kier alpha value is -1.77. The van der Waals surface area contributed by atoms with Crippen LogP contribution in [0.15, 0.2) is 30.3 Å². The number of rotatable bonds is 2. The fraction of sp³-hybridized carbons (Fsp3) is 0.250. The monoisotopic (exact) mass is 201 g/mol. The van der Waals surface area contributed by atoms with Gasteiger partial charge in [0.25, 0.3) is 0 Å². The third kappa shape index (κ3) is 1.61. The minimum absolute atomic E-state index is 0.734. The van der Waals surface area contributed by atoms with Gasteiger partial charge in [-0.05, 0) is 25.5 Å². The Bertz CT molecular complexity index is 457. The summed E-state index contributed by atoms with van der Waals surface area (Å²) in [7, 11) is 0. The molecule has 0 aliphatic rings. The molecule has 0 saturated heterocycles. The summed E-state index contributed by atoms with van der Waals surface area (Å²) < 4.78 is 1.80. The zero-order valence-electron chi connectivity index (χ0n) is 9.07. The molecule has 0 unspecified atom stereocenters. The second kappa shape index (κ2) is 3.77. The number of hydrogen-bond acceptors (Lipinski definition) is 2. The highest BCUT2D eigenvalue weighted by Gasteiger charge is 2.10. The molecule has 2 aromatic rings. The number of nitrogens with two attached hydrogens (primary N) is 1. The van der Waals surface area contributed by atoms with Crippen molar-refractivity contribution in [1.82, 2.24) is 9.78 Å². The lowest BCUT2D eigenvalue weighted by Crippen LogP contribution is -2.01. The van der Waals surface area contributed by atoms with E-state index in [1.165, 1.54) is 0 Å². The topological polar surface area (TPSA) is 43.8 Å². The highest BCUT2D eigenvalue weighted by molar-refractivity contribution is 5.49. The van der Waals surface area contributed by atoms with Gasteiger partial charge in [0.05, 0.1) is 11.4 Å². The molecule has 78 valence electrons. The van der Waals surface area contributed by atoms with Crippen molar-refractivity contribution in [2.24, 2.45) is 0 Å². The van der Waals surface area contributed by atoms with Crippen LogP contribution in [0, 0.1) is 6.92 Å². The number of anilines is 1. The van der Waals surface area contributed by atoms with Gasteiger partial charge in [-0.1, -0.05) is 25.1 Å². The molecule has 3 heteroatoms. The molecule has 2 N–H and O–H groups in total. The molecule has 1 heterocycles. The van der Waals surface area contributed by atoms with Gasteiger partial charge in [0, 0.05) is 5.56 Å². The second-order valence-corrected chi connectivity index (χ2v) is 3.56. The SMILES string of the molecule is CCc1nn(-c2ccccc2)c(N)c1C. The lowest BCUT2D eigenvalue weighted by atomic mass is 10.2. The smallest absolute Gasteiger partial charge is 0.130 e. The van der Waals surface area contributed by atoms with E-state index in [1.807, 2.05) is 37.3 Å². The van der Waals surface area contributed by atoms with E-state index in [0.29, 0.717) is 0 Å². The maximum Gasteiger partial charge on any atom is 0.130 e. The summed E-state index contributed by atoms with van der Waals surface area (Å²) in [6.07, 6.45) is 0.913. The van der Waals surface area contributed by atoms with Crippen molar-refractivity contribution in [3.63, 3.8) is 0 Å². The molecule has 0 aliphatic heterocycles. The normalized spacial score (nSPS) is 10.5. The van der Waals surface area contributed by atoms with Crippen molar-refractivity contribution < 1.29 is 0 Å². The van der Waals surface area contributed by atoms with Gasteiger partial charge in [-0.15, -0.1) is 0 Å². The van der Waals surface area contributed by atoms with Crippen LogP contribution in [0.4, 0.5) is 5.82 Å². The molecule has 0 radical (unpaired) electrons. The van der Waals surface area contributed by atoms with Gasteiger partial charge in [0.1, 0.15) is 5.82 Å². The number of nitrogens with zero attached hydrogens (tertiary/aromatic N) is 2. The number of aryl methyl sites for hydroxylation is 1. The molecule has 0 atom stereocenters. The van der Waals surface area contributed by atoms with E-state index in [4.69, 9.17) is 5.73 Å². The molecule has 1 aromatic heterocycles. The Morgan fingerprint density at radius 1 is 1.27 bits per heavy atom. The zero-order valence-corrected chi connectivity index (χ0v) is 9.07. The van der Waals surface area contributed by atoms with Crippen molar-refractivity contribution in [3.8, 4) is 5.69 Å². The molecule has 0 amide bonds. The molecule has 0 saturated carbocycles.